The third-order valence-corrected chi connectivity index (χ3v) is 5.33. The molecule has 0 spiro atoms. The van der Waals surface area contributed by atoms with Crippen LogP contribution in [-0.4, -0.2) is 23.1 Å². The van der Waals surface area contributed by atoms with Crippen molar-refractivity contribution in [3.05, 3.63) is 46.5 Å². The van der Waals surface area contributed by atoms with Crippen molar-refractivity contribution in [1.29, 1.82) is 0 Å². The van der Waals surface area contributed by atoms with Gasteiger partial charge in [-0.1, -0.05) is 38.4 Å². The van der Waals surface area contributed by atoms with Crippen LogP contribution in [0.15, 0.2) is 30.3 Å². The highest BCUT2D eigenvalue weighted by Crippen LogP contribution is 2.33. The van der Waals surface area contributed by atoms with Crippen LogP contribution in [0, 0.1) is 0 Å². The zero-order valence-corrected chi connectivity index (χ0v) is 17.7. The summed E-state index contributed by atoms with van der Waals surface area (Å²) in [6.07, 6.45) is 2.95. The lowest BCUT2D eigenvalue weighted by Gasteiger charge is -2.20. The minimum atomic E-state index is 0.794. The molecule has 2 aromatic carbocycles. The first kappa shape index (κ1) is 19.6. The molecule has 1 heterocycles. The summed E-state index contributed by atoms with van der Waals surface area (Å²) in [5.74, 6) is 0.856. The highest BCUT2D eigenvalue weighted by molar-refractivity contribution is 6.30. The van der Waals surface area contributed by atoms with Crippen molar-refractivity contribution in [2.45, 2.75) is 40.0 Å². The Kier molecular flexibility index (Phi) is 5.95. The van der Waals surface area contributed by atoms with Gasteiger partial charge in [0.25, 0.3) is 0 Å². The van der Waals surface area contributed by atoms with E-state index < -0.39 is 0 Å². The number of aryl methyl sites for hydroxylation is 3. The first-order chi connectivity index (χ1) is 13.0. The van der Waals surface area contributed by atoms with Gasteiger partial charge in [-0.05, 0) is 54.7 Å². The Morgan fingerprint density at radius 3 is 2.37 bits per heavy atom. The lowest BCUT2D eigenvalue weighted by atomic mass is 10.0. The molecule has 0 saturated carbocycles. The van der Waals surface area contributed by atoms with Crippen LogP contribution >= 0.6 is 11.6 Å². The fourth-order valence-electron chi connectivity index (χ4n) is 3.68. The van der Waals surface area contributed by atoms with E-state index in [1.807, 2.05) is 12.1 Å². The third kappa shape index (κ3) is 3.77. The van der Waals surface area contributed by atoms with E-state index in [4.69, 9.17) is 16.6 Å². The van der Waals surface area contributed by atoms with Crippen molar-refractivity contribution in [2.75, 3.05) is 23.8 Å². The molecule has 0 aliphatic rings. The van der Waals surface area contributed by atoms with Gasteiger partial charge >= 0.3 is 0 Å². The number of nitrogens with zero attached hydrogens (tertiary/aromatic N) is 3. The number of nitrogens with one attached hydrogen (secondary N) is 1. The third-order valence-electron chi connectivity index (χ3n) is 5.11. The summed E-state index contributed by atoms with van der Waals surface area (Å²) in [7, 11) is 4.22. The maximum atomic E-state index is 6.31. The highest BCUT2D eigenvalue weighted by atomic mass is 35.5. The van der Waals surface area contributed by atoms with E-state index in [-0.39, 0.29) is 0 Å². The summed E-state index contributed by atoms with van der Waals surface area (Å²) >= 11 is 6.31. The molecule has 0 aliphatic heterocycles. The quantitative estimate of drug-likeness (QED) is 0.547. The van der Waals surface area contributed by atoms with Crippen molar-refractivity contribution in [2.24, 2.45) is 7.05 Å². The molecule has 0 unspecified atom stereocenters. The molecule has 27 heavy (non-hydrogen) atoms. The SMILES string of the molecule is CCCN(C)c1cccc2nc(Nc3c(CC)cc(Cl)cc3CC)n(C)c12. The van der Waals surface area contributed by atoms with Crippen LogP contribution in [0.25, 0.3) is 11.0 Å². The summed E-state index contributed by atoms with van der Waals surface area (Å²) in [6, 6.07) is 10.4. The van der Waals surface area contributed by atoms with E-state index >= 15 is 0 Å². The Labute approximate surface area is 167 Å². The lowest BCUT2D eigenvalue weighted by molar-refractivity contribution is 0.850. The number of aromatic nitrogens is 2. The molecular formula is C22H29ClN4. The molecule has 1 aromatic heterocycles. The number of imidazole rings is 1. The molecular weight excluding hydrogens is 356 g/mol. The molecule has 0 saturated heterocycles. The largest absolute Gasteiger partial charge is 0.373 e. The molecule has 0 fully saturated rings. The van der Waals surface area contributed by atoms with Gasteiger partial charge in [-0.15, -0.1) is 0 Å². The second-order valence-electron chi connectivity index (χ2n) is 6.99. The molecule has 3 rings (SSSR count). The lowest BCUT2D eigenvalue weighted by Crippen LogP contribution is -2.18. The van der Waals surface area contributed by atoms with Crippen LogP contribution in [0.2, 0.25) is 5.02 Å². The summed E-state index contributed by atoms with van der Waals surface area (Å²) in [4.78, 5) is 7.17. The summed E-state index contributed by atoms with van der Waals surface area (Å²) in [5.41, 5.74) is 6.93. The molecule has 5 heteroatoms. The van der Waals surface area contributed by atoms with Crippen molar-refractivity contribution in [3.8, 4) is 0 Å². The topological polar surface area (TPSA) is 33.1 Å². The van der Waals surface area contributed by atoms with Crippen molar-refractivity contribution >= 4 is 40.0 Å². The van der Waals surface area contributed by atoms with Gasteiger partial charge in [0.05, 0.1) is 16.7 Å². The molecule has 4 nitrogen and oxygen atoms in total. The number of para-hydroxylation sites is 1. The van der Waals surface area contributed by atoms with Gasteiger partial charge in [0, 0.05) is 31.4 Å². The van der Waals surface area contributed by atoms with Gasteiger partial charge in [-0.3, -0.25) is 0 Å². The summed E-state index contributed by atoms with van der Waals surface area (Å²) < 4.78 is 2.16. The second kappa shape index (κ2) is 8.22. The summed E-state index contributed by atoms with van der Waals surface area (Å²) in [5, 5.41) is 4.39. The molecule has 0 amide bonds. The minimum Gasteiger partial charge on any atom is -0.373 e. The van der Waals surface area contributed by atoms with E-state index in [0.29, 0.717) is 0 Å². The highest BCUT2D eigenvalue weighted by Gasteiger charge is 2.16. The first-order valence-corrected chi connectivity index (χ1v) is 10.1. The maximum absolute atomic E-state index is 6.31. The number of anilines is 3. The van der Waals surface area contributed by atoms with Crippen LogP contribution < -0.4 is 10.2 Å². The predicted molar refractivity (Wildman–Crippen MR) is 118 cm³/mol. The van der Waals surface area contributed by atoms with Crippen LogP contribution in [-0.2, 0) is 19.9 Å². The zero-order chi connectivity index (χ0) is 19.6. The average Bonchev–Trinajstić information content (AvgIpc) is 2.98. The Bertz CT molecular complexity index is 920. The van der Waals surface area contributed by atoms with Gasteiger partial charge < -0.3 is 14.8 Å². The number of benzene rings is 2. The molecule has 3 aromatic rings. The van der Waals surface area contributed by atoms with Crippen LogP contribution in [0.1, 0.15) is 38.3 Å². The number of fused-ring (bicyclic) bond motifs is 1. The van der Waals surface area contributed by atoms with Gasteiger partial charge in [-0.25, -0.2) is 4.98 Å². The van der Waals surface area contributed by atoms with Crippen LogP contribution in [0.3, 0.4) is 0 Å². The molecule has 1 N–H and O–H groups in total. The van der Waals surface area contributed by atoms with Crippen molar-refractivity contribution in [3.63, 3.8) is 0 Å². The Morgan fingerprint density at radius 1 is 1.11 bits per heavy atom. The van der Waals surface area contributed by atoms with Gasteiger partial charge in [0.1, 0.15) is 0 Å². The van der Waals surface area contributed by atoms with Gasteiger partial charge in [0.15, 0.2) is 0 Å². The Hall–Kier alpha value is -2.20. The normalized spacial score (nSPS) is 11.2. The standard InChI is InChI=1S/C22H29ClN4/c1-6-12-26(4)19-11-9-10-18-21(19)27(5)22(24-18)25-20-15(7-2)13-17(23)14-16(20)8-3/h9-11,13-14H,6-8,12H2,1-5H3,(H,24,25). The Balaban J connectivity index is 2.10. The van der Waals surface area contributed by atoms with Crippen molar-refractivity contribution in [1.82, 2.24) is 9.55 Å². The number of halogens is 1. The zero-order valence-electron chi connectivity index (χ0n) is 16.9. The molecule has 0 bridgehead atoms. The van der Waals surface area contributed by atoms with Crippen molar-refractivity contribution < 1.29 is 0 Å². The molecule has 0 atom stereocenters. The fraction of sp³-hybridized carbons (Fsp3) is 0.409. The second-order valence-corrected chi connectivity index (χ2v) is 7.43. The average molecular weight is 385 g/mol. The van der Waals surface area contributed by atoms with Gasteiger partial charge in [-0.2, -0.15) is 0 Å². The monoisotopic (exact) mass is 384 g/mol. The smallest absolute Gasteiger partial charge is 0.208 e. The predicted octanol–water partition coefficient (Wildman–Crippen LogP) is 5.94. The van der Waals surface area contributed by atoms with E-state index in [0.717, 1.165) is 53.5 Å². The fourth-order valence-corrected chi connectivity index (χ4v) is 3.94. The van der Waals surface area contributed by atoms with Gasteiger partial charge in [0.2, 0.25) is 5.95 Å². The molecule has 0 radical (unpaired) electrons. The first-order valence-electron chi connectivity index (χ1n) is 9.74. The molecule has 144 valence electrons. The number of rotatable bonds is 7. The number of hydrogen-bond donors (Lipinski definition) is 1. The maximum Gasteiger partial charge on any atom is 0.208 e. The van der Waals surface area contributed by atoms with E-state index in [1.165, 1.54) is 16.8 Å². The van der Waals surface area contributed by atoms with E-state index in [9.17, 15) is 0 Å². The number of hydrogen-bond acceptors (Lipinski definition) is 3. The van der Waals surface area contributed by atoms with E-state index in [1.54, 1.807) is 0 Å². The summed E-state index contributed by atoms with van der Waals surface area (Å²) in [6.45, 7) is 7.53. The van der Waals surface area contributed by atoms with Crippen LogP contribution in [0.5, 0.6) is 0 Å². The minimum absolute atomic E-state index is 0.794. The Morgan fingerprint density at radius 2 is 1.78 bits per heavy atom. The molecule has 0 aliphatic carbocycles. The van der Waals surface area contributed by atoms with E-state index in [2.05, 4.69) is 67.8 Å². The van der Waals surface area contributed by atoms with Crippen LogP contribution in [0.4, 0.5) is 17.3 Å².